The summed E-state index contributed by atoms with van der Waals surface area (Å²) in [6, 6.07) is 1.48. The van der Waals surface area contributed by atoms with E-state index in [1.165, 1.54) is 86.6 Å². The van der Waals surface area contributed by atoms with Crippen molar-refractivity contribution in [3.63, 3.8) is 0 Å². The van der Waals surface area contributed by atoms with Crippen molar-refractivity contribution in [1.82, 2.24) is 67.7 Å². The number of fused-ring (bicyclic) bond motifs is 1. The first-order valence-electron chi connectivity index (χ1n) is 36.1. The maximum absolute atomic E-state index is 14.6. The number of aliphatic imine (C=N–C) groups is 1. The van der Waals surface area contributed by atoms with E-state index in [0.717, 1.165) is 25.3 Å². The van der Waals surface area contributed by atoms with Gasteiger partial charge in [-0.05, 0) is 86.6 Å². The van der Waals surface area contributed by atoms with E-state index in [-0.39, 0.29) is 88.2 Å². The number of para-hydroxylation sites is 1. The minimum Gasteiger partial charge on any atom is -0.508 e. The molecule has 2 fully saturated rings. The number of hydrogen-bond donors (Lipinski definition) is 17. The second kappa shape index (κ2) is 46.3. The van der Waals surface area contributed by atoms with Crippen molar-refractivity contribution in [3.8, 4) is 5.75 Å². The fourth-order valence-corrected chi connectivity index (χ4v) is 12.2. The van der Waals surface area contributed by atoms with Crippen LogP contribution in [-0.2, 0) is 86.6 Å². The Morgan fingerprint density at radius 3 is 1.78 bits per heavy atom. The van der Waals surface area contributed by atoms with Gasteiger partial charge < -0.3 is 89.5 Å². The molecular formula is C71H110N16O18S. The van der Waals surface area contributed by atoms with Crippen LogP contribution in [0.5, 0.6) is 5.75 Å². The number of unbranched alkanes of at least 4 members (excludes halogenated alkanes) is 9. The number of aliphatic hydroxyl groups excluding tert-OH is 1. The van der Waals surface area contributed by atoms with Crippen molar-refractivity contribution in [2.24, 2.45) is 28.3 Å². The van der Waals surface area contributed by atoms with Gasteiger partial charge in [0.1, 0.15) is 60.1 Å². The summed E-state index contributed by atoms with van der Waals surface area (Å²) in [6.45, 7) is 11.5. The lowest BCUT2D eigenvalue weighted by molar-refractivity contribution is -0.142. The van der Waals surface area contributed by atoms with Crippen LogP contribution in [0, 0.1) is 11.8 Å². The lowest BCUT2D eigenvalue weighted by Gasteiger charge is -2.31. The van der Waals surface area contributed by atoms with Gasteiger partial charge in [-0.1, -0.05) is 123 Å². The Labute approximate surface area is 618 Å². The molecule has 4 heterocycles. The fourth-order valence-electron chi connectivity index (χ4n) is 11.9. The SMILES string of the molecule is CC(=O)O.CCCCCCCCCCCCOS(=O)(=O)O.CCNC(=O)C1CCCN1C(=O)C(CCCN=C(N)N)NC(=O)C(NC(=O)C(NC(=O)C(Cc1ccc(O)cc1)NC(=O)C(CO)NC(=O)C(Cc1c[nH]c2ccccc12)NC(=O)C(Cc1cnc[nH]1)NC(=O)C1CCC(=O)N1)C(C)C)C(C)C. The standard InChI is InChI=1S/C57H80N16O12.C12H26O4S.C2H4O2/c1-6-61-53(82)44-14-10-22-73(44)56(85)39(13-9-21-62-57(58)59)66-54(83)46(30(2)3)72-55(84)47(31(4)5)71-51(80)40(23-32-15-17-35(75)18-16-32)67-52(81)43(28-74)70-49(78)41(24-33-26-63-37-12-8-7-11-36(33)37)68-50(79)42(25-34-27-60-29-64-34)69-48(77)38-19-20-45(76)65-38;1-2-3-4-5-6-7-8-9-10-11-12-16-17(13,14)15;1-2(3)4/h7-8,11-12,15-18,26-27,29-31,38-44,46-47,63,74-75H,6,9-10,13-14,19-25,28H2,1-5H3,(H,60,64)(H,61,82)(H,65,76)(H,66,83)(H,67,81)(H,68,79)(H,69,77)(H,70,78)(H,71,80)(H,72,84)(H4,58,59,62);2-12H2,1H3,(H,13,14,15);1H3,(H,3,4). The molecule has 0 spiro atoms. The largest absolute Gasteiger partial charge is 0.508 e. The van der Waals surface area contributed by atoms with Gasteiger partial charge in [0.2, 0.25) is 59.1 Å². The number of carboxylic acids is 1. The molecule has 0 radical (unpaired) electrons. The van der Waals surface area contributed by atoms with Gasteiger partial charge in [-0.2, -0.15) is 8.42 Å². The molecule has 4 aromatic rings. The minimum atomic E-state index is -4.23. The average Bonchev–Trinajstić information content (AvgIpc) is 1.59. The molecule has 2 aliphatic rings. The van der Waals surface area contributed by atoms with Crippen LogP contribution in [0.2, 0.25) is 0 Å². The van der Waals surface area contributed by atoms with Gasteiger partial charge in [0.05, 0.1) is 19.5 Å². The molecule has 2 aliphatic heterocycles. The summed E-state index contributed by atoms with van der Waals surface area (Å²) >= 11 is 0. The Kier molecular flexibility index (Phi) is 38.7. The highest BCUT2D eigenvalue weighted by Gasteiger charge is 2.40. The summed E-state index contributed by atoms with van der Waals surface area (Å²) < 4.78 is 33.0. The predicted molar refractivity (Wildman–Crippen MR) is 394 cm³/mol. The first kappa shape index (κ1) is 88.7. The quantitative estimate of drug-likeness (QED) is 0.0130. The van der Waals surface area contributed by atoms with E-state index in [4.69, 9.17) is 25.9 Å². The van der Waals surface area contributed by atoms with Crippen LogP contribution in [0.15, 0.2) is 72.2 Å². The van der Waals surface area contributed by atoms with Crippen LogP contribution in [0.4, 0.5) is 0 Å². The third kappa shape index (κ3) is 31.9. The normalized spacial score (nSPS) is 16.0. The molecule has 0 bridgehead atoms. The number of aliphatic hydroxyl groups is 1. The van der Waals surface area contributed by atoms with Crippen molar-refractivity contribution in [3.05, 3.63) is 84.1 Å². The number of nitrogens with one attached hydrogen (secondary N) is 11. The number of guanidine groups is 1. The molecule has 106 heavy (non-hydrogen) atoms. The highest BCUT2D eigenvalue weighted by atomic mass is 32.3. The lowest BCUT2D eigenvalue weighted by Crippen LogP contribution is -2.62. The minimum absolute atomic E-state index is 0.0826. The number of likely N-dealkylation sites (tertiary alicyclic amines) is 1. The molecule has 19 N–H and O–H groups in total. The molecule has 0 aliphatic carbocycles. The van der Waals surface area contributed by atoms with E-state index in [2.05, 4.69) is 78.9 Å². The van der Waals surface area contributed by atoms with Crippen LogP contribution in [0.3, 0.4) is 0 Å². The van der Waals surface area contributed by atoms with Crippen molar-refractivity contribution in [1.29, 1.82) is 0 Å². The number of hydrogen-bond acceptors (Lipinski definition) is 18. The summed E-state index contributed by atoms with van der Waals surface area (Å²) in [7, 11) is -4.23. The number of carbonyl (C=O) groups is 11. The third-order valence-electron chi connectivity index (χ3n) is 17.5. The number of carbonyl (C=O) groups excluding carboxylic acids is 10. The van der Waals surface area contributed by atoms with E-state index < -0.39 is 136 Å². The number of aromatic nitrogens is 3. The van der Waals surface area contributed by atoms with E-state index in [1.807, 2.05) is 6.07 Å². The number of likely N-dealkylation sites (N-methyl/N-ethyl adjacent to an activating group) is 1. The van der Waals surface area contributed by atoms with Crippen LogP contribution in [0.25, 0.3) is 10.9 Å². The van der Waals surface area contributed by atoms with E-state index in [0.29, 0.717) is 48.0 Å². The smallest absolute Gasteiger partial charge is 0.397 e. The average molecular weight is 1510 g/mol. The molecule has 6 rings (SSSR count). The first-order chi connectivity index (χ1) is 50.4. The zero-order valence-corrected chi connectivity index (χ0v) is 62.4. The maximum atomic E-state index is 14.6. The molecule has 0 saturated carbocycles. The summed E-state index contributed by atoms with van der Waals surface area (Å²) in [4.78, 5) is 163. The van der Waals surface area contributed by atoms with Gasteiger partial charge in [0, 0.05) is 81.2 Å². The molecule has 35 heteroatoms. The molecule has 9 unspecified atom stereocenters. The Bertz CT molecular complexity index is 3620. The van der Waals surface area contributed by atoms with E-state index in [9.17, 15) is 66.6 Å². The van der Waals surface area contributed by atoms with Gasteiger partial charge in [0.25, 0.3) is 5.97 Å². The Balaban J connectivity index is 0.000000980. The fraction of sp³-hybridized carbons (Fsp3) is 0.592. The highest BCUT2D eigenvalue weighted by Crippen LogP contribution is 2.23. The summed E-state index contributed by atoms with van der Waals surface area (Å²) in [5, 5.41) is 53.0. The second-order valence-corrected chi connectivity index (χ2v) is 27.9. The number of imidazole rings is 1. The number of aliphatic carboxylic acids is 1. The van der Waals surface area contributed by atoms with Gasteiger partial charge in [-0.25, -0.2) is 9.17 Å². The van der Waals surface area contributed by atoms with Crippen molar-refractivity contribution >= 4 is 92.3 Å². The van der Waals surface area contributed by atoms with Crippen LogP contribution in [-0.4, -0.2) is 206 Å². The Morgan fingerprint density at radius 2 is 1.23 bits per heavy atom. The number of H-pyrrole nitrogens is 2. The van der Waals surface area contributed by atoms with Crippen molar-refractivity contribution in [2.75, 3.05) is 32.8 Å². The topological polar surface area (TPSA) is 532 Å². The molecule has 588 valence electrons. The number of aromatic amines is 2. The number of nitrogens with two attached hydrogens (primary N) is 2. The van der Waals surface area contributed by atoms with E-state index in [1.54, 1.807) is 59.0 Å². The number of phenolic OH excluding ortho intramolecular Hbond substituents is 1. The van der Waals surface area contributed by atoms with Gasteiger partial charge in [-0.3, -0.25) is 62.3 Å². The van der Waals surface area contributed by atoms with Gasteiger partial charge in [0.15, 0.2) is 5.96 Å². The van der Waals surface area contributed by atoms with Crippen molar-refractivity contribution < 1.29 is 85.2 Å². The zero-order valence-electron chi connectivity index (χ0n) is 61.6. The molecule has 2 aromatic heterocycles. The molecular weight excluding hydrogens is 1400 g/mol. The lowest BCUT2D eigenvalue weighted by atomic mass is 9.98. The second-order valence-electron chi connectivity index (χ2n) is 26.8. The van der Waals surface area contributed by atoms with Gasteiger partial charge >= 0.3 is 10.4 Å². The number of aromatic hydroxyl groups is 1. The molecule has 2 aromatic carbocycles. The summed E-state index contributed by atoms with van der Waals surface area (Å²) in [5.74, 6) is -9.29. The monoisotopic (exact) mass is 1510 g/mol. The highest BCUT2D eigenvalue weighted by molar-refractivity contribution is 7.80. The Morgan fingerprint density at radius 1 is 0.679 bits per heavy atom. The number of benzene rings is 2. The third-order valence-corrected chi connectivity index (χ3v) is 17.9. The molecule has 34 nitrogen and oxygen atoms in total. The molecule has 9 atom stereocenters. The summed E-state index contributed by atoms with van der Waals surface area (Å²) in [6.07, 6.45) is 17.5. The number of carboxylic acid groups (broad SMARTS) is 1. The number of phenols is 1. The number of nitrogens with zero attached hydrogens (tertiary/aromatic N) is 3. The van der Waals surface area contributed by atoms with Gasteiger partial charge in [-0.15, -0.1) is 0 Å². The molecule has 10 amide bonds. The van der Waals surface area contributed by atoms with Crippen LogP contribution in [0.1, 0.15) is 168 Å². The zero-order chi connectivity index (χ0) is 78.5. The number of rotatable bonds is 42. The predicted octanol–water partition coefficient (Wildman–Crippen LogP) is 1.60. The first-order valence-corrected chi connectivity index (χ1v) is 37.5. The summed E-state index contributed by atoms with van der Waals surface area (Å²) in [5.41, 5.74) is 13.2. The van der Waals surface area contributed by atoms with Crippen LogP contribution < -0.4 is 59.3 Å². The van der Waals surface area contributed by atoms with Crippen LogP contribution >= 0.6 is 0 Å². The van der Waals surface area contributed by atoms with Crippen molar-refractivity contribution in [2.45, 2.75) is 225 Å². The molecule has 2 saturated heterocycles. The maximum Gasteiger partial charge on any atom is 0.397 e. The Hall–Kier alpha value is -9.74. The van der Waals surface area contributed by atoms with E-state index >= 15 is 0 Å². The number of amides is 10.